The predicted octanol–water partition coefficient (Wildman–Crippen LogP) is 4.82. The molecule has 0 unspecified atom stereocenters. The highest BCUT2D eigenvalue weighted by Gasteiger charge is 2.38. The van der Waals surface area contributed by atoms with Crippen LogP contribution < -0.4 is 5.32 Å². The molecule has 1 saturated carbocycles. The van der Waals surface area contributed by atoms with Gasteiger partial charge in [0.15, 0.2) is 19.7 Å². The lowest BCUT2D eigenvalue weighted by atomic mass is 9.95. The first-order valence-electron chi connectivity index (χ1n) is 11.4. The summed E-state index contributed by atoms with van der Waals surface area (Å²) in [6.07, 6.45) is -9.12. The fourth-order valence-electron chi connectivity index (χ4n) is 4.05. The number of alkyl halides is 6. The van der Waals surface area contributed by atoms with Crippen molar-refractivity contribution < 1.29 is 48.0 Å². The molecule has 0 radical (unpaired) electrons. The molecule has 7 nitrogen and oxygen atoms in total. The van der Waals surface area contributed by atoms with Gasteiger partial charge in [-0.1, -0.05) is 6.07 Å². The molecule has 15 heteroatoms. The highest BCUT2D eigenvalue weighted by Crippen LogP contribution is 2.35. The molecule has 2 aromatic rings. The zero-order valence-corrected chi connectivity index (χ0v) is 21.7. The summed E-state index contributed by atoms with van der Waals surface area (Å²) in [5, 5.41) is 0.338. The number of carbonyl (C=O) groups is 1. The fourth-order valence-corrected chi connectivity index (χ4v) is 7.11. The van der Waals surface area contributed by atoms with E-state index in [4.69, 9.17) is 0 Å². The molecule has 0 atom stereocenters. The Kier molecular flexibility index (Phi) is 8.23. The third-order valence-corrected chi connectivity index (χ3v) is 10.7. The Morgan fingerprint density at radius 2 is 1.50 bits per heavy atom. The molecular formula is C23H24F6N2O5S2. The number of amides is 1. The van der Waals surface area contributed by atoms with E-state index < -0.39 is 81.1 Å². The Labute approximate surface area is 215 Å². The number of carbonyl (C=O) groups excluding carboxylic acids is 1. The first-order valence-corrected chi connectivity index (χ1v) is 14.5. The van der Waals surface area contributed by atoms with Gasteiger partial charge in [-0.2, -0.15) is 26.3 Å². The minimum Gasteiger partial charge on any atom is -0.348 e. The van der Waals surface area contributed by atoms with E-state index in [0.29, 0.717) is 18.3 Å². The van der Waals surface area contributed by atoms with E-state index in [1.54, 1.807) is 0 Å². The van der Waals surface area contributed by atoms with Gasteiger partial charge in [0.1, 0.15) is 5.69 Å². The Morgan fingerprint density at radius 1 is 0.921 bits per heavy atom. The number of benzene rings is 1. The lowest BCUT2D eigenvalue weighted by molar-refractivity contribution is -0.138. The Balaban J connectivity index is 1.77. The Morgan fingerprint density at radius 3 is 2.03 bits per heavy atom. The van der Waals surface area contributed by atoms with Crippen LogP contribution in [0.2, 0.25) is 0 Å². The van der Waals surface area contributed by atoms with Crippen molar-refractivity contribution in [1.82, 2.24) is 10.3 Å². The lowest BCUT2D eigenvalue weighted by Crippen LogP contribution is -2.41. The normalized spacial score (nSPS) is 19.4. The van der Waals surface area contributed by atoms with Crippen LogP contribution in [0.4, 0.5) is 26.3 Å². The van der Waals surface area contributed by atoms with Gasteiger partial charge in [0.25, 0.3) is 5.91 Å². The number of hydrogen-bond acceptors (Lipinski definition) is 6. The number of aromatic nitrogens is 1. The Bertz CT molecular complexity index is 1410. The minimum atomic E-state index is -4.90. The Hall–Kier alpha value is -2.68. The third-order valence-electron chi connectivity index (χ3n) is 6.26. The van der Waals surface area contributed by atoms with Gasteiger partial charge < -0.3 is 5.32 Å². The number of pyridine rings is 1. The molecule has 1 aliphatic rings. The average molecular weight is 587 g/mol. The molecule has 0 spiro atoms. The standard InChI is InChI=1S/C23H24F6N2O5S2/c1-13(2)37(33,34)19-11-15(23(27,28)29)12-30-20(19)21(32)31-16-6-8-17(9-7-16)38(35,36)18-5-3-4-14(10-18)22(24,25)26/h3-5,10-13,16-17H,6-9H2,1-2H3,(H,31,32). The van der Waals surface area contributed by atoms with Gasteiger partial charge in [-0.3, -0.25) is 4.79 Å². The van der Waals surface area contributed by atoms with E-state index in [1.807, 2.05) is 0 Å². The number of nitrogens with zero attached hydrogens (tertiary/aromatic N) is 1. The third kappa shape index (κ3) is 6.30. The predicted molar refractivity (Wildman–Crippen MR) is 124 cm³/mol. The van der Waals surface area contributed by atoms with E-state index in [-0.39, 0.29) is 25.7 Å². The van der Waals surface area contributed by atoms with Gasteiger partial charge in [-0.25, -0.2) is 21.8 Å². The van der Waals surface area contributed by atoms with Crippen molar-refractivity contribution in [3.63, 3.8) is 0 Å². The topological polar surface area (TPSA) is 110 Å². The van der Waals surface area contributed by atoms with Crippen molar-refractivity contribution in [3.8, 4) is 0 Å². The zero-order chi connectivity index (χ0) is 28.7. The van der Waals surface area contributed by atoms with Crippen LogP contribution >= 0.6 is 0 Å². The van der Waals surface area contributed by atoms with Crippen molar-refractivity contribution >= 4 is 25.6 Å². The molecule has 1 amide bonds. The van der Waals surface area contributed by atoms with Crippen LogP contribution in [0.1, 0.15) is 61.1 Å². The van der Waals surface area contributed by atoms with Crippen LogP contribution in [-0.4, -0.2) is 44.3 Å². The lowest BCUT2D eigenvalue weighted by Gasteiger charge is -2.29. The average Bonchev–Trinajstić information content (AvgIpc) is 2.83. The summed E-state index contributed by atoms with van der Waals surface area (Å²) in [6.45, 7) is 2.48. The van der Waals surface area contributed by atoms with Crippen LogP contribution in [-0.2, 0) is 32.0 Å². The number of rotatable bonds is 6. The van der Waals surface area contributed by atoms with Gasteiger partial charge in [-0.05, 0) is 63.8 Å². The molecule has 1 N–H and O–H groups in total. The van der Waals surface area contributed by atoms with Crippen LogP contribution in [0.15, 0.2) is 46.3 Å². The fraction of sp³-hybridized carbons (Fsp3) is 0.478. The largest absolute Gasteiger partial charge is 0.417 e. The van der Waals surface area contributed by atoms with Crippen molar-refractivity contribution in [2.24, 2.45) is 0 Å². The summed E-state index contributed by atoms with van der Waals surface area (Å²) < 4.78 is 130. The van der Waals surface area contributed by atoms with E-state index in [9.17, 15) is 48.0 Å². The van der Waals surface area contributed by atoms with E-state index >= 15 is 0 Å². The summed E-state index contributed by atoms with van der Waals surface area (Å²) in [5.74, 6) is -1.04. The number of halogens is 6. The smallest absolute Gasteiger partial charge is 0.348 e. The molecule has 1 fully saturated rings. The molecule has 0 saturated heterocycles. The summed E-state index contributed by atoms with van der Waals surface area (Å²) >= 11 is 0. The maximum atomic E-state index is 13.2. The number of nitrogens with one attached hydrogen (secondary N) is 1. The maximum absolute atomic E-state index is 13.2. The molecule has 0 aliphatic heterocycles. The summed E-state index contributed by atoms with van der Waals surface area (Å²) in [6, 6.07) is 3.10. The molecule has 0 bridgehead atoms. The van der Waals surface area contributed by atoms with Crippen molar-refractivity contribution in [2.75, 3.05) is 0 Å². The molecule has 210 valence electrons. The monoisotopic (exact) mass is 586 g/mol. The van der Waals surface area contributed by atoms with Gasteiger partial charge >= 0.3 is 12.4 Å². The van der Waals surface area contributed by atoms with Crippen LogP contribution in [0.5, 0.6) is 0 Å². The van der Waals surface area contributed by atoms with Crippen LogP contribution in [0.3, 0.4) is 0 Å². The molecule has 1 aromatic carbocycles. The van der Waals surface area contributed by atoms with Crippen molar-refractivity contribution in [1.29, 1.82) is 0 Å². The maximum Gasteiger partial charge on any atom is 0.417 e. The van der Waals surface area contributed by atoms with E-state index in [2.05, 4.69) is 10.3 Å². The van der Waals surface area contributed by atoms with Gasteiger partial charge in [0, 0.05) is 12.2 Å². The summed E-state index contributed by atoms with van der Waals surface area (Å²) in [7, 11) is -8.45. The minimum absolute atomic E-state index is 0.0128. The first-order chi connectivity index (χ1) is 17.3. The molecule has 1 aromatic heterocycles. The number of sulfone groups is 2. The second kappa shape index (κ2) is 10.5. The molecule has 38 heavy (non-hydrogen) atoms. The highest BCUT2D eigenvalue weighted by molar-refractivity contribution is 7.92. The van der Waals surface area contributed by atoms with Crippen molar-refractivity contribution in [3.05, 3.63) is 53.3 Å². The summed E-state index contributed by atoms with van der Waals surface area (Å²) in [5.41, 5.74) is -3.16. The van der Waals surface area contributed by atoms with Crippen LogP contribution in [0.25, 0.3) is 0 Å². The SMILES string of the molecule is CC(C)S(=O)(=O)c1cc(C(F)(F)F)cnc1C(=O)NC1CCC(S(=O)(=O)c2cccc(C(F)(F)F)c2)CC1. The quantitative estimate of drug-likeness (QED) is 0.487. The highest BCUT2D eigenvalue weighted by atomic mass is 32.2. The van der Waals surface area contributed by atoms with Gasteiger partial charge in [0.2, 0.25) is 0 Å². The van der Waals surface area contributed by atoms with Gasteiger partial charge in [0.05, 0.1) is 31.4 Å². The van der Waals surface area contributed by atoms with E-state index in [1.165, 1.54) is 13.8 Å². The molecule has 1 heterocycles. The van der Waals surface area contributed by atoms with E-state index in [0.717, 1.165) is 18.2 Å². The van der Waals surface area contributed by atoms with Crippen molar-refractivity contribution in [2.45, 2.75) is 78.2 Å². The summed E-state index contributed by atoms with van der Waals surface area (Å²) in [4.78, 5) is 15.0. The molecule has 3 rings (SSSR count). The second-order valence-electron chi connectivity index (χ2n) is 9.18. The number of hydrogen-bond donors (Lipinski definition) is 1. The zero-order valence-electron chi connectivity index (χ0n) is 20.1. The molecule has 1 aliphatic carbocycles. The van der Waals surface area contributed by atoms with Crippen LogP contribution in [0, 0.1) is 0 Å². The first kappa shape index (κ1) is 29.9. The molecular weight excluding hydrogens is 562 g/mol. The second-order valence-corrected chi connectivity index (χ2v) is 13.9. The van der Waals surface area contributed by atoms with Gasteiger partial charge in [-0.15, -0.1) is 0 Å².